The SMILES string of the molecule is CC(C)/C=C/C(=O)OC1CCCCC1. The zero-order valence-electron chi connectivity index (χ0n) is 9.16. The maximum atomic E-state index is 11.3. The molecule has 0 bridgehead atoms. The van der Waals surface area contributed by atoms with E-state index in [-0.39, 0.29) is 12.1 Å². The molecule has 0 aromatic heterocycles. The Labute approximate surface area is 86.3 Å². The first kappa shape index (κ1) is 11.3. The number of hydrogen-bond acceptors (Lipinski definition) is 2. The molecule has 1 saturated carbocycles. The van der Waals surface area contributed by atoms with Crippen molar-refractivity contribution in [2.45, 2.75) is 52.1 Å². The zero-order valence-corrected chi connectivity index (χ0v) is 9.16. The Bertz CT molecular complexity index is 200. The summed E-state index contributed by atoms with van der Waals surface area (Å²) >= 11 is 0. The molecule has 1 fully saturated rings. The second-order valence-electron chi connectivity index (χ2n) is 4.30. The van der Waals surface area contributed by atoms with Gasteiger partial charge in [0.2, 0.25) is 0 Å². The predicted octanol–water partition coefficient (Wildman–Crippen LogP) is 3.07. The van der Waals surface area contributed by atoms with Crippen LogP contribution in [0.2, 0.25) is 0 Å². The van der Waals surface area contributed by atoms with Crippen LogP contribution in [0.3, 0.4) is 0 Å². The van der Waals surface area contributed by atoms with Crippen molar-refractivity contribution in [1.82, 2.24) is 0 Å². The Morgan fingerprint density at radius 3 is 2.50 bits per heavy atom. The van der Waals surface area contributed by atoms with Crippen molar-refractivity contribution >= 4 is 5.97 Å². The zero-order chi connectivity index (χ0) is 10.4. The number of allylic oxidation sites excluding steroid dienone is 1. The normalized spacial score (nSPS) is 19.1. The summed E-state index contributed by atoms with van der Waals surface area (Å²) in [6.07, 6.45) is 9.38. The van der Waals surface area contributed by atoms with E-state index >= 15 is 0 Å². The second kappa shape index (κ2) is 5.84. The molecule has 0 unspecified atom stereocenters. The van der Waals surface area contributed by atoms with E-state index in [0.717, 1.165) is 12.8 Å². The summed E-state index contributed by atoms with van der Waals surface area (Å²) in [6, 6.07) is 0. The lowest BCUT2D eigenvalue weighted by Crippen LogP contribution is -2.19. The van der Waals surface area contributed by atoms with E-state index in [1.807, 2.05) is 19.9 Å². The van der Waals surface area contributed by atoms with E-state index in [0.29, 0.717) is 5.92 Å². The predicted molar refractivity (Wildman–Crippen MR) is 56.9 cm³/mol. The number of hydrogen-bond donors (Lipinski definition) is 0. The standard InChI is InChI=1S/C12H20O2/c1-10(2)8-9-12(13)14-11-6-4-3-5-7-11/h8-11H,3-7H2,1-2H3/b9-8+. The summed E-state index contributed by atoms with van der Waals surface area (Å²) in [5, 5.41) is 0. The molecule has 0 aliphatic heterocycles. The second-order valence-corrected chi connectivity index (χ2v) is 4.30. The highest BCUT2D eigenvalue weighted by Gasteiger charge is 2.15. The van der Waals surface area contributed by atoms with E-state index in [9.17, 15) is 4.79 Å². The fourth-order valence-corrected chi connectivity index (χ4v) is 1.66. The van der Waals surface area contributed by atoms with Crippen LogP contribution in [0.1, 0.15) is 46.0 Å². The van der Waals surface area contributed by atoms with Gasteiger partial charge in [0, 0.05) is 6.08 Å². The first-order valence-electron chi connectivity index (χ1n) is 5.57. The highest BCUT2D eigenvalue weighted by molar-refractivity contribution is 5.82. The van der Waals surface area contributed by atoms with Crippen molar-refractivity contribution in [2.75, 3.05) is 0 Å². The first-order valence-corrected chi connectivity index (χ1v) is 5.57. The Kier molecular flexibility index (Phi) is 4.71. The summed E-state index contributed by atoms with van der Waals surface area (Å²) in [7, 11) is 0. The monoisotopic (exact) mass is 196 g/mol. The maximum Gasteiger partial charge on any atom is 0.330 e. The van der Waals surface area contributed by atoms with Crippen LogP contribution in [-0.4, -0.2) is 12.1 Å². The molecular weight excluding hydrogens is 176 g/mol. The van der Waals surface area contributed by atoms with Crippen molar-refractivity contribution in [3.8, 4) is 0 Å². The van der Waals surface area contributed by atoms with Crippen LogP contribution in [0.25, 0.3) is 0 Å². The van der Waals surface area contributed by atoms with Gasteiger partial charge in [0.1, 0.15) is 6.10 Å². The van der Waals surface area contributed by atoms with Crippen LogP contribution < -0.4 is 0 Å². The molecule has 0 amide bonds. The number of carbonyl (C=O) groups is 1. The smallest absolute Gasteiger partial charge is 0.330 e. The maximum absolute atomic E-state index is 11.3. The van der Waals surface area contributed by atoms with Crippen LogP contribution >= 0.6 is 0 Å². The molecule has 2 heteroatoms. The third kappa shape index (κ3) is 4.45. The molecule has 1 aliphatic carbocycles. The summed E-state index contributed by atoms with van der Waals surface area (Å²) < 4.78 is 5.32. The van der Waals surface area contributed by atoms with Gasteiger partial charge < -0.3 is 4.74 Å². The molecule has 1 aliphatic rings. The van der Waals surface area contributed by atoms with Gasteiger partial charge in [0.25, 0.3) is 0 Å². The van der Waals surface area contributed by atoms with Gasteiger partial charge in [-0.3, -0.25) is 0 Å². The van der Waals surface area contributed by atoms with Gasteiger partial charge in [0.05, 0.1) is 0 Å². The third-order valence-corrected chi connectivity index (χ3v) is 2.45. The van der Waals surface area contributed by atoms with Gasteiger partial charge in [-0.15, -0.1) is 0 Å². The van der Waals surface area contributed by atoms with Crippen LogP contribution in [0.4, 0.5) is 0 Å². The fraction of sp³-hybridized carbons (Fsp3) is 0.750. The molecule has 0 radical (unpaired) electrons. The van der Waals surface area contributed by atoms with Gasteiger partial charge >= 0.3 is 5.97 Å². The molecule has 1 rings (SSSR count). The van der Waals surface area contributed by atoms with Crippen LogP contribution in [0, 0.1) is 5.92 Å². The van der Waals surface area contributed by atoms with Crippen LogP contribution in [0.5, 0.6) is 0 Å². The third-order valence-electron chi connectivity index (χ3n) is 2.45. The molecule has 0 spiro atoms. The number of esters is 1. The lowest BCUT2D eigenvalue weighted by atomic mass is 9.98. The van der Waals surface area contributed by atoms with Crippen molar-refractivity contribution in [3.63, 3.8) is 0 Å². The van der Waals surface area contributed by atoms with Crippen molar-refractivity contribution in [2.24, 2.45) is 5.92 Å². The molecule has 0 saturated heterocycles. The molecule has 14 heavy (non-hydrogen) atoms. The Hall–Kier alpha value is -0.790. The van der Waals surface area contributed by atoms with Crippen molar-refractivity contribution in [1.29, 1.82) is 0 Å². The molecule has 0 heterocycles. The molecule has 80 valence electrons. The van der Waals surface area contributed by atoms with Crippen LogP contribution in [0.15, 0.2) is 12.2 Å². The summed E-state index contributed by atoms with van der Waals surface area (Å²) in [5.41, 5.74) is 0. The van der Waals surface area contributed by atoms with Gasteiger partial charge in [-0.1, -0.05) is 26.3 Å². The molecule has 2 nitrogen and oxygen atoms in total. The minimum atomic E-state index is -0.175. The lowest BCUT2D eigenvalue weighted by Gasteiger charge is -2.20. The van der Waals surface area contributed by atoms with Gasteiger partial charge in [-0.25, -0.2) is 4.79 Å². The van der Waals surface area contributed by atoms with Crippen molar-refractivity contribution in [3.05, 3.63) is 12.2 Å². The van der Waals surface area contributed by atoms with E-state index in [2.05, 4.69) is 0 Å². The number of ether oxygens (including phenoxy) is 1. The van der Waals surface area contributed by atoms with E-state index < -0.39 is 0 Å². The molecule has 0 aromatic rings. The van der Waals surface area contributed by atoms with E-state index in [1.165, 1.54) is 19.3 Å². The minimum Gasteiger partial charge on any atom is -0.459 e. The molecule has 0 atom stereocenters. The van der Waals surface area contributed by atoms with E-state index in [4.69, 9.17) is 4.74 Å². The van der Waals surface area contributed by atoms with Gasteiger partial charge in [0.15, 0.2) is 0 Å². The average Bonchev–Trinajstić information content (AvgIpc) is 2.16. The summed E-state index contributed by atoms with van der Waals surface area (Å²) in [6.45, 7) is 4.09. The molecule has 0 aromatic carbocycles. The first-order chi connectivity index (χ1) is 6.68. The fourth-order valence-electron chi connectivity index (χ4n) is 1.66. The Morgan fingerprint density at radius 2 is 1.93 bits per heavy atom. The molecular formula is C12H20O2. The lowest BCUT2D eigenvalue weighted by molar-refractivity contribution is -0.144. The Balaban J connectivity index is 2.25. The minimum absolute atomic E-state index is 0.174. The van der Waals surface area contributed by atoms with Crippen LogP contribution in [-0.2, 0) is 9.53 Å². The average molecular weight is 196 g/mol. The van der Waals surface area contributed by atoms with Crippen molar-refractivity contribution < 1.29 is 9.53 Å². The van der Waals surface area contributed by atoms with Gasteiger partial charge in [-0.05, 0) is 31.6 Å². The number of carbonyl (C=O) groups excluding carboxylic acids is 1. The summed E-state index contributed by atoms with van der Waals surface area (Å²) in [4.78, 5) is 11.3. The topological polar surface area (TPSA) is 26.3 Å². The number of rotatable bonds is 3. The van der Waals surface area contributed by atoms with Gasteiger partial charge in [-0.2, -0.15) is 0 Å². The van der Waals surface area contributed by atoms with E-state index in [1.54, 1.807) is 6.08 Å². The Morgan fingerprint density at radius 1 is 1.29 bits per heavy atom. The quantitative estimate of drug-likeness (QED) is 0.512. The largest absolute Gasteiger partial charge is 0.459 e. The summed E-state index contributed by atoms with van der Waals surface area (Å²) in [5.74, 6) is 0.236. The highest BCUT2D eigenvalue weighted by Crippen LogP contribution is 2.20. The molecule has 0 N–H and O–H groups in total. The highest BCUT2D eigenvalue weighted by atomic mass is 16.5.